The molecule has 0 atom stereocenters. The van der Waals surface area contributed by atoms with Crippen LogP contribution in [0, 0.1) is 0 Å². The van der Waals surface area contributed by atoms with Crippen LogP contribution in [-0.4, -0.2) is 6.54 Å². The van der Waals surface area contributed by atoms with E-state index in [0.29, 0.717) is 0 Å². The molecule has 0 saturated heterocycles. The van der Waals surface area contributed by atoms with Crippen molar-refractivity contribution in [3.05, 3.63) is 35.1 Å². The summed E-state index contributed by atoms with van der Waals surface area (Å²) in [6.45, 7) is 11.4. The lowest BCUT2D eigenvalue weighted by Crippen LogP contribution is -2.22. The number of hydrogen-bond donors (Lipinski definition) is 1. The zero-order chi connectivity index (χ0) is 9.84. The highest BCUT2D eigenvalue weighted by Gasteiger charge is 2.10. The summed E-state index contributed by atoms with van der Waals surface area (Å²) in [5.41, 5.74) is 5.42. The summed E-state index contributed by atoms with van der Waals surface area (Å²) in [6, 6.07) is 0. The minimum atomic E-state index is 1.11. The van der Waals surface area contributed by atoms with Crippen molar-refractivity contribution >= 4 is 0 Å². The Bertz CT molecular complexity index is 269. The zero-order valence-electron chi connectivity index (χ0n) is 8.91. The predicted molar refractivity (Wildman–Crippen MR) is 58.5 cm³/mol. The Morgan fingerprint density at radius 3 is 2.69 bits per heavy atom. The van der Waals surface area contributed by atoms with E-state index in [1.54, 1.807) is 0 Å². The Morgan fingerprint density at radius 2 is 2.15 bits per heavy atom. The van der Waals surface area contributed by atoms with Crippen LogP contribution < -0.4 is 5.32 Å². The van der Waals surface area contributed by atoms with Gasteiger partial charge in [-0.1, -0.05) is 12.7 Å². The minimum Gasteiger partial charge on any atom is -0.385 e. The van der Waals surface area contributed by atoms with Crippen LogP contribution in [0.25, 0.3) is 0 Å². The third-order valence-corrected chi connectivity index (χ3v) is 2.73. The number of rotatable bonds is 2. The minimum absolute atomic E-state index is 1.11. The third kappa shape index (κ3) is 2.24. The topological polar surface area (TPSA) is 12.0 Å². The van der Waals surface area contributed by atoms with Crippen LogP contribution in [0.2, 0.25) is 0 Å². The molecule has 1 N–H and O–H groups in total. The van der Waals surface area contributed by atoms with E-state index in [-0.39, 0.29) is 0 Å². The summed E-state index contributed by atoms with van der Waals surface area (Å²) in [4.78, 5) is 0. The quantitative estimate of drug-likeness (QED) is 0.639. The van der Waals surface area contributed by atoms with Crippen LogP contribution in [0.15, 0.2) is 35.1 Å². The Hall–Kier alpha value is -0.980. The van der Waals surface area contributed by atoms with Crippen LogP contribution in [0.1, 0.15) is 33.6 Å². The molecule has 1 rings (SSSR count). The van der Waals surface area contributed by atoms with Crippen molar-refractivity contribution in [1.29, 1.82) is 0 Å². The summed E-state index contributed by atoms with van der Waals surface area (Å²) in [5, 5.41) is 3.46. The molecule has 0 radical (unpaired) electrons. The molecule has 1 nitrogen and oxygen atoms in total. The summed E-state index contributed by atoms with van der Waals surface area (Å²) in [5.74, 6) is 0. The molecule has 0 aromatic rings. The first-order valence-electron chi connectivity index (χ1n) is 4.90. The van der Waals surface area contributed by atoms with Crippen molar-refractivity contribution in [3.63, 3.8) is 0 Å². The second-order valence-electron chi connectivity index (χ2n) is 3.70. The molecule has 0 aliphatic carbocycles. The predicted octanol–water partition coefficient (Wildman–Crippen LogP) is 3.17. The van der Waals surface area contributed by atoms with Gasteiger partial charge in [-0.2, -0.15) is 0 Å². The van der Waals surface area contributed by atoms with E-state index in [4.69, 9.17) is 0 Å². The van der Waals surface area contributed by atoms with Crippen molar-refractivity contribution < 1.29 is 0 Å². The van der Waals surface area contributed by atoms with E-state index in [1.165, 1.54) is 35.3 Å². The lowest BCUT2D eigenvalue weighted by atomic mass is 9.98. The van der Waals surface area contributed by atoms with Gasteiger partial charge in [0.25, 0.3) is 0 Å². The molecule has 0 aromatic heterocycles. The van der Waals surface area contributed by atoms with E-state index < -0.39 is 0 Å². The smallest absolute Gasteiger partial charge is 0.0361 e. The van der Waals surface area contributed by atoms with E-state index in [2.05, 4.69) is 32.7 Å². The van der Waals surface area contributed by atoms with Crippen molar-refractivity contribution in [3.8, 4) is 0 Å². The first-order valence-corrected chi connectivity index (χ1v) is 4.90. The second kappa shape index (κ2) is 4.31. The summed E-state index contributed by atoms with van der Waals surface area (Å²) < 4.78 is 0. The molecule has 0 amide bonds. The van der Waals surface area contributed by atoms with Gasteiger partial charge in [-0.15, -0.1) is 0 Å². The van der Waals surface area contributed by atoms with Gasteiger partial charge in [-0.25, -0.2) is 0 Å². The fourth-order valence-electron chi connectivity index (χ4n) is 1.65. The van der Waals surface area contributed by atoms with Gasteiger partial charge >= 0.3 is 0 Å². The van der Waals surface area contributed by atoms with Gasteiger partial charge in [0.15, 0.2) is 0 Å². The monoisotopic (exact) mass is 177 g/mol. The average Bonchev–Trinajstić information content (AvgIpc) is 2.16. The Balaban J connectivity index is 2.99. The summed E-state index contributed by atoms with van der Waals surface area (Å²) in [6.07, 6.45) is 4.41. The molecule has 0 unspecified atom stereocenters. The maximum Gasteiger partial charge on any atom is 0.0361 e. The van der Waals surface area contributed by atoms with E-state index in [1.807, 2.05) is 6.08 Å². The average molecular weight is 177 g/mol. The maximum absolute atomic E-state index is 3.79. The number of hydrogen-bond acceptors (Lipinski definition) is 1. The highest BCUT2D eigenvalue weighted by atomic mass is 14.9. The van der Waals surface area contributed by atoms with Crippen LogP contribution in [0.5, 0.6) is 0 Å². The van der Waals surface area contributed by atoms with Crippen molar-refractivity contribution in [1.82, 2.24) is 5.32 Å². The van der Waals surface area contributed by atoms with E-state index >= 15 is 0 Å². The first-order chi connectivity index (χ1) is 6.16. The van der Waals surface area contributed by atoms with Gasteiger partial charge in [-0.3, -0.25) is 0 Å². The van der Waals surface area contributed by atoms with Crippen LogP contribution >= 0.6 is 0 Å². The molecule has 0 fully saturated rings. The van der Waals surface area contributed by atoms with Crippen molar-refractivity contribution in [2.45, 2.75) is 33.6 Å². The van der Waals surface area contributed by atoms with Gasteiger partial charge in [0.05, 0.1) is 0 Å². The molecule has 0 saturated carbocycles. The summed E-state index contributed by atoms with van der Waals surface area (Å²) in [7, 11) is 0. The lowest BCUT2D eigenvalue weighted by molar-refractivity contribution is 0.666. The third-order valence-electron chi connectivity index (χ3n) is 2.73. The summed E-state index contributed by atoms with van der Waals surface area (Å²) >= 11 is 0. The number of nitrogens with one attached hydrogen (secondary N) is 1. The second-order valence-corrected chi connectivity index (χ2v) is 3.70. The van der Waals surface area contributed by atoms with E-state index in [9.17, 15) is 0 Å². The van der Waals surface area contributed by atoms with Crippen LogP contribution in [-0.2, 0) is 0 Å². The highest BCUT2D eigenvalue weighted by molar-refractivity contribution is 5.39. The molecule has 72 valence electrons. The number of allylic oxidation sites excluding steroid dienone is 4. The van der Waals surface area contributed by atoms with Gasteiger partial charge in [0, 0.05) is 12.2 Å². The maximum atomic E-state index is 3.79. The van der Waals surface area contributed by atoms with E-state index in [0.717, 1.165) is 6.54 Å². The molecule has 0 bridgehead atoms. The molecule has 0 aromatic carbocycles. The van der Waals surface area contributed by atoms with Crippen molar-refractivity contribution in [2.75, 3.05) is 6.54 Å². The zero-order valence-corrected chi connectivity index (χ0v) is 8.91. The molecule has 0 spiro atoms. The molecule has 1 aliphatic heterocycles. The molecule has 1 heteroatoms. The molecular formula is C12H19N. The lowest BCUT2D eigenvalue weighted by Gasteiger charge is -2.21. The molecular weight excluding hydrogens is 158 g/mol. The van der Waals surface area contributed by atoms with Gasteiger partial charge in [0.2, 0.25) is 0 Å². The Kier molecular flexibility index (Phi) is 3.35. The van der Waals surface area contributed by atoms with Crippen LogP contribution in [0.3, 0.4) is 0 Å². The molecule has 13 heavy (non-hydrogen) atoms. The fraction of sp³-hybridized carbons (Fsp3) is 0.500. The standard InChI is InChI=1S/C12H19N/c1-5-9(2)11(4)12-10(3)7-6-8-13-12/h5,13H,1,6-8H2,2-4H3/b11-9-. The highest BCUT2D eigenvalue weighted by Crippen LogP contribution is 2.22. The molecule has 1 aliphatic rings. The Labute approximate surface area is 81.2 Å². The van der Waals surface area contributed by atoms with Crippen molar-refractivity contribution in [2.24, 2.45) is 0 Å². The largest absolute Gasteiger partial charge is 0.385 e. The Morgan fingerprint density at radius 1 is 1.46 bits per heavy atom. The normalized spacial score (nSPS) is 19.3. The SMILES string of the molecule is C=C/C(C)=C(/C)C1=C(C)CCCN1. The fourth-order valence-corrected chi connectivity index (χ4v) is 1.65. The van der Waals surface area contributed by atoms with Gasteiger partial charge in [-0.05, 0) is 50.3 Å². The van der Waals surface area contributed by atoms with Gasteiger partial charge < -0.3 is 5.32 Å². The van der Waals surface area contributed by atoms with Gasteiger partial charge in [0.1, 0.15) is 0 Å². The molecule has 1 heterocycles. The van der Waals surface area contributed by atoms with Crippen LogP contribution in [0.4, 0.5) is 0 Å². The first kappa shape index (κ1) is 10.1.